The van der Waals surface area contributed by atoms with Gasteiger partial charge >= 0.3 is 0 Å². The van der Waals surface area contributed by atoms with E-state index in [-0.39, 0.29) is 18.0 Å². The van der Waals surface area contributed by atoms with Crippen LogP contribution in [0.5, 0.6) is 0 Å². The molecule has 2 aromatic carbocycles. The van der Waals surface area contributed by atoms with Crippen LogP contribution in [0.2, 0.25) is 0 Å². The van der Waals surface area contributed by atoms with Crippen LogP contribution in [-0.2, 0) is 11.3 Å². The minimum absolute atomic E-state index is 0.154. The van der Waals surface area contributed by atoms with Gasteiger partial charge in [0.15, 0.2) is 5.65 Å². The molecule has 0 unspecified atom stereocenters. The van der Waals surface area contributed by atoms with Crippen LogP contribution < -0.4 is 10.9 Å². The van der Waals surface area contributed by atoms with Crippen LogP contribution in [-0.4, -0.2) is 30.2 Å². The van der Waals surface area contributed by atoms with Gasteiger partial charge in [-0.15, -0.1) is 11.3 Å². The zero-order chi connectivity index (χ0) is 22.1. The summed E-state index contributed by atoms with van der Waals surface area (Å²) in [5.74, 6) is -0.324. The Labute approximate surface area is 186 Å². The highest BCUT2D eigenvalue weighted by Gasteiger charge is 2.13. The summed E-state index contributed by atoms with van der Waals surface area (Å²) in [5.41, 5.74) is 3.35. The number of nitrogens with zero attached hydrogens (tertiary/aromatic N) is 5. The molecule has 8 nitrogen and oxygen atoms in total. The maximum atomic E-state index is 12.9. The molecular formula is C23H18N6O2S. The van der Waals surface area contributed by atoms with E-state index in [1.54, 1.807) is 22.1 Å². The molecule has 5 aromatic rings. The monoisotopic (exact) mass is 442 g/mol. The molecule has 0 radical (unpaired) electrons. The van der Waals surface area contributed by atoms with Gasteiger partial charge in [0.2, 0.25) is 5.91 Å². The molecule has 0 aliphatic rings. The number of hydrogen-bond donors (Lipinski definition) is 1. The lowest BCUT2D eigenvalue weighted by Crippen LogP contribution is -2.27. The third kappa shape index (κ3) is 3.81. The molecule has 32 heavy (non-hydrogen) atoms. The fourth-order valence-electron chi connectivity index (χ4n) is 3.43. The Balaban J connectivity index is 1.36. The van der Waals surface area contributed by atoms with Crippen molar-refractivity contribution in [3.63, 3.8) is 0 Å². The normalized spacial score (nSPS) is 11.0. The van der Waals surface area contributed by atoms with Gasteiger partial charge in [0.1, 0.15) is 18.3 Å². The van der Waals surface area contributed by atoms with E-state index in [2.05, 4.69) is 20.4 Å². The summed E-state index contributed by atoms with van der Waals surface area (Å²) < 4.78 is 2.88. The van der Waals surface area contributed by atoms with Crippen molar-refractivity contribution >= 4 is 34.0 Å². The molecule has 158 valence electrons. The first-order valence-electron chi connectivity index (χ1n) is 9.89. The van der Waals surface area contributed by atoms with Gasteiger partial charge in [-0.3, -0.25) is 14.2 Å². The average molecular weight is 443 g/mol. The highest BCUT2D eigenvalue weighted by Crippen LogP contribution is 2.24. The van der Waals surface area contributed by atoms with E-state index in [1.165, 1.54) is 17.1 Å². The molecular weight excluding hydrogens is 424 g/mol. The van der Waals surface area contributed by atoms with Gasteiger partial charge in [-0.2, -0.15) is 5.10 Å². The second kappa shape index (κ2) is 8.20. The molecule has 5 rings (SSSR count). The van der Waals surface area contributed by atoms with Crippen molar-refractivity contribution in [3.8, 4) is 16.9 Å². The second-order valence-electron chi connectivity index (χ2n) is 7.19. The number of carbonyl (C=O) groups excluding carboxylic acids is 1. The Morgan fingerprint density at radius 3 is 2.75 bits per heavy atom. The number of rotatable bonds is 5. The van der Waals surface area contributed by atoms with Gasteiger partial charge in [-0.25, -0.2) is 14.6 Å². The smallest absolute Gasteiger partial charge is 0.264 e. The summed E-state index contributed by atoms with van der Waals surface area (Å²) in [6.45, 7) is 1.80. The van der Waals surface area contributed by atoms with Crippen molar-refractivity contribution in [2.75, 3.05) is 5.32 Å². The minimum atomic E-state index is -0.324. The maximum Gasteiger partial charge on any atom is 0.264 e. The number of para-hydroxylation sites is 1. The van der Waals surface area contributed by atoms with Crippen LogP contribution in [0.4, 0.5) is 5.69 Å². The number of nitrogens with one attached hydrogen (secondary N) is 1. The van der Waals surface area contributed by atoms with Crippen molar-refractivity contribution in [3.05, 3.63) is 87.9 Å². The van der Waals surface area contributed by atoms with E-state index < -0.39 is 0 Å². The first-order chi connectivity index (χ1) is 15.6. The molecule has 3 heterocycles. The number of fused-ring (bicyclic) bond motifs is 1. The van der Waals surface area contributed by atoms with Gasteiger partial charge in [-0.05, 0) is 31.2 Å². The SMILES string of the molecule is Cc1nc(-c2cccc(NC(=O)Cn3cnc4c(cnn4-c4ccccc4)c3=O)c2)cs1. The molecule has 0 aliphatic carbocycles. The topological polar surface area (TPSA) is 94.7 Å². The Kier molecular flexibility index (Phi) is 5.08. The fraction of sp³-hybridized carbons (Fsp3) is 0.0870. The van der Waals surface area contributed by atoms with E-state index in [0.717, 1.165) is 22.0 Å². The Morgan fingerprint density at radius 1 is 1.12 bits per heavy atom. The summed E-state index contributed by atoms with van der Waals surface area (Å²) in [5, 5.41) is 10.4. The molecule has 1 N–H and O–H groups in total. The predicted octanol–water partition coefficient (Wildman–Crippen LogP) is 3.65. The number of aryl methyl sites for hydroxylation is 1. The van der Waals surface area contributed by atoms with Crippen LogP contribution in [0.15, 0.2) is 77.3 Å². The summed E-state index contributed by atoms with van der Waals surface area (Å²) >= 11 is 1.57. The molecule has 3 aromatic heterocycles. The van der Waals surface area contributed by atoms with Crippen LogP contribution in [0.25, 0.3) is 28.0 Å². The molecule has 0 saturated heterocycles. The second-order valence-corrected chi connectivity index (χ2v) is 8.25. The number of benzene rings is 2. The van der Waals surface area contributed by atoms with Gasteiger partial charge < -0.3 is 5.32 Å². The molecule has 0 atom stereocenters. The van der Waals surface area contributed by atoms with Crippen molar-refractivity contribution in [1.29, 1.82) is 0 Å². The first kappa shape index (κ1) is 19.8. The molecule has 0 spiro atoms. The number of thiazole rings is 1. The van der Waals surface area contributed by atoms with Crippen molar-refractivity contribution in [1.82, 2.24) is 24.3 Å². The molecule has 1 amide bonds. The van der Waals surface area contributed by atoms with Crippen LogP contribution in [0.3, 0.4) is 0 Å². The van der Waals surface area contributed by atoms with E-state index in [4.69, 9.17) is 0 Å². The third-order valence-corrected chi connectivity index (χ3v) is 5.70. The third-order valence-electron chi connectivity index (χ3n) is 4.93. The lowest BCUT2D eigenvalue weighted by Gasteiger charge is -2.09. The standard InChI is InChI=1S/C23H18N6O2S/c1-15-26-20(13-32-15)16-6-5-7-17(10-16)27-21(30)12-28-14-24-22-19(23(28)31)11-25-29(22)18-8-3-2-4-9-18/h2-11,13-14H,12H2,1H3,(H,27,30). The summed E-state index contributed by atoms with van der Waals surface area (Å²) in [6.07, 6.45) is 2.85. The molecule has 0 fully saturated rings. The lowest BCUT2D eigenvalue weighted by molar-refractivity contribution is -0.116. The molecule has 0 aliphatic heterocycles. The van der Waals surface area contributed by atoms with Crippen molar-refractivity contribution < 1.29 is 4.79 Å². The number of amides is 1. The quantitative estimate of drug-likeness (QED) is 0.448. The van der Waals surface area contributed by atoms with Crippen LogP contribution in [0.1, 0.15) is 5.01 Å². The van der Waals surface area contributed by atoms with E-state index in [9.17, 15) is 9.59 Å². The van der Waals surface area contributed by atoms with Gasteiger partial charge in [0, 0.05) is 16.6 Å². The van der Waals surface area contributed by atoms with E-state index >= 15 is 0 Å². The first-order valence-corrected chi connectivity index (χ1v) is 10.8. The molecule has 0 bridgehead atoms. The van der Waals surface area contributed by atoms with Crippen LogP contribution in [0, 0.1) is 6.92 Å². The van der Waals surface area contributed by atoms with Gasteiger partial charge in [0.25, 0.3) is 5.56 Å². The number of anilines is 1. The van der Waals surface area contributed by atoms with Crippen molar-refractivity contribution in [2.45, 2.75) is 13.5 Å². The van der Waals surface area contributed by atoms with Gasteiger partial charge in [0.05, 0.1) is 22.6 Å². The fourth-order valence-corrected chi connectivity index (χ4v) is 4.05. The lowest BCUT2D eigenvalue weighted by atomic mass is 10.1. The summed E-state index contributed by atoms with van der Waals surface area (Å²) in [6, 6.07) is 16.9. The Hall–Kier alpha value is -4.11. The molecule has 0 saturated carbocycles. The number of hydrogen-bond acceptors (Lipinski definition) is 6. The maximum absolute atomic E-state index is 12.9. The highest BCUT2D eigenvalue weighted by atomic mass is 32.1. The Bertz CT molecular complexity index is 1490. The highest BCUT2D eigenvalue weighted by molar-refractivity contribution is 7.09. The summed E-state index contributed by atoms with van der Waals surface area (Å²) in [7, 11) is 0. The Morgan fingerprint density at radius 2 is 1.97 bits per heavy atom. The predicted molar refractivity (Wildman–Crippen MR) is 124 cm³/mol. The zero-order valence-electron chi connectivity index (χ0n) is 17.1. The van der Waals surface area contributed by atoms with Gasteiger partial charge in [-0.1, -0.05) is 30.3 Å². The van der Waals surface area contributed by atoms with E-state index in [1.807, 2.05) is 60.8 Å². The summed E-state index contributed by atoms with van der Waals surface area (Å²) in [4.78, 5) is 34.3. The number of carbonyl (C=O) groups is 1. The average Bonchev–Trinajstić information content (AvgIpc) is 3.43. The van der Waals surface area contributed by atoms with Crippen molar-refractivity contribution in [2.24, 2.45) is 0 Å². The number of aromatic nitrogens is 5. The minimum Gasteiger partial charge on any atom is -0.325 e. The van der Waals surface area contributed by atoms with E-state index in [0.29, 0.717) is 16.7 Å². The largest absolute Gasteiger partial charge is 0.325 e. The zero-order valence-corrected chi connectivity index (χ0v) is 17.9. The van der Waals surface area contributed by atoms with Crippen LogP contribution >= 0.6 is 11.3 Å². The molecule has 9 heteroatoms.